The number of morpholine rings is 1. The zero-order valence-electron chi connectivity index (χ0n) is 20.8. The van der Waals surface area contributed by atoms with Crippen LogP contribution in [0.1, 0.15) is 11.3 Å². The smallest absolute Gasteiger partial charge is 0.170 e. The fourth-order valence-corrected chi connectivity index (χ4v) is 9.10. The molecule has 0 N–H and O–H groups in total. The van der Waals surface area contributed by atoms with E-state index in [-0.39, 0.29) is 0 Å². The Bertz CT molecular complexity index is 1510. The molecule has 3 heterocycles. The molecule has 3 aromatic carbocycles. The lowest BCUT2D eigenvalue weighted by Gasteiger charge is -2.46. The Kier molecular flexibility index (Phi) is 6.47. The minimum atomic E-state index is -2.64. The quantitative estimate of drug-likeness (QED) is 0.296. The van der Waals surface area contributed by atoms with Crippen LogP contribution in [0.2, 0.25) is 5.02 Å². The molecular weight excluding hydrogens is 503 g/mol. The van der Waals surface area contributed by atoms with Gasteiger partial charge in [0.05, 0.1) is 40.6 Å². The van der Waals surface area contributed by atoms with Gasteiger partial charge in [0, 0.05) is 25.7 Å². The van der Waals surface area contributed by atoms with Crippen molar-refractivity contribution in [3.05, 3.63) is 101 Å². The molecule has 1 saturated heterocycles. The van der Waals surface area contributed by atoms with E-state index in [1.807, 2.05) is 65.3 Å². The largest absolute Gasteiger partial charge is 0.379 e. The van der Waals surface area contributed by atoms with E-state index in [1.165, 1.54) is 0 Å². The fourth-order valence-electron chi connectivity index (χ4n) is 5.03. The molecule has 0 saturated carbocycles. The highest BCUT2D eigenvalue weighted by atomic mass is 35.5. The number of ether oxygens (including phenoxy) is 1. The first-order valence-electron chi connectivity index (χ1n) is 12.3. The highest BCUT2D eigenvalue weighted by Gasteiger charge is 2.45. The molecule has 6 rings (SSSR count). The standard InChI is InChI=1S/C28H28ClN6OP/c1-21-26-28(35(31-21)23-13-7-4-8-14-23)30-27(22-11-5-3-6-12-22)33(2)37(26,34-17-19-36-20-18-34)32-25-16-10-9-15-24(25)29/h3-16H,17-20H2,1-2H3/t37-/m1/s1. The van der Waals surface area contributed by atoms with E-state index < -0.39 is 7.36 Å². The first kappa shape index (κ1) is 24.1. The van der Waals surface area contributed by atoms with Gasteiger partial charge in [-0.1, -0.05) is 72.3 Å². The molecule has 4 aromatic rings. The van der Waals surface area contributed by atoms with E-state index >= 15 is 0 Å². The summed E-state index contributed by atoms with van der Waals surface area (Å²) in [4.78, 5) is 5.27. The highest BCUT2D eigenvalue weighted by Crippen LogP contribution is 2.62. The number of para-hydroxylation sites is 1. The number of nitrogens with zero attached hydrogens (tertiary/aromatic N) is 6. The maximum atomic E-state index is 6.72. The molecule has 0 bridgehead atoms. The minimum absolute atomic E-state index is 0.627. The Morgan fingerprint density at radius 2 is 1.54 bits per heavy atom. The molecule has 0 aliphatic carbocycles. The average molecular weight is 531 g/mol. The molecule has 1 aromatic heterocycles. The van der Waals surface area contributed by atoms with Crippen LogP contribution in [-0.4, -0.2) is 58.3 Å². The number of fused-ring (bicyclic) bond motifs is 1. The number of benzene rings is 3. The Morgan fingerprint density at radius 1 is 0.892 bits per heavy atom. The number of halogens is 1. The van der Waals surface area contributed by atoms with E-state index in [0.29, 0.717) is 18.2 Å². The van der Waals surface area contributed by atoms with Gasteiger partial charge in [-0.25, -0.2) is 19.1 Å². The molecule has 0 radical (unpaired) electrons. The normalized spacial score (nSPS) is 19.9. The molecule has 1 atom stereocenters. The summed E-state index contributed by atoms with van der Waals surface area (Å²) in [5, 5.41) is 6.72. The van der Waals surface area contributed by atoms with Crippen molar-refractivity contribution in [2.24, 2.45) is 9.74 Å². The summed E-state index contributed by atoms with van der Waals surface area (Å²) in [6, 6.07) is 28.3. The number of aryl methyl sites for hydroxylation is 1. The molecule has 0 spiro atoms. The summed E-state index contributed by atoms with van der Waals surface area (Å²) in [7, 11) is -0.532. The monoisotopic (exact) mass is 530 g/mol. The lowest BCUT2D eigenvalue weighted by molar-refractivity contribution is 0.0732. The number of hydrogen-bond donors (Lipinski definition) is 0. The van der Waals surface area contributed by atoms with Crippen LogP contribution in [0.25, 0.3) is 5.69 Å². The second kappa shape index (κ2) is 9.92. The molecule has 0 unspecified atom stereocenters. The van der Waals surface area contributed by atoms with Crippen LogP contribution >= 0.6 is 19.0 Å². The first-order chi connectivity index (χ1) is 18.1. The van der Waals surface area contributed by atoms with Crippen molar-refractivity contribution < 1.29 is 4.74 Å². The third-order valence-corrected chi connectivity index (χ3v) is 10.9. The van der Waals surface area contributed by atoms with Crippen molar-refractivity contribution >= 4 is 41.6 Å². The third-order valence-electron chi connectivity index (χ3n) is 6.76. The number of amidine groups is 1. The highest BCUT2D eigenvalue weighted by molar-refractivity contribution is 7.70. The van der Waals surface area contributed by atoms with Crippen molar-refractivity contribution in [3.8, 4) is 5.69 Å². The van der Waals surface area contributed by atoms with Gasteiger partial charge in [-0.15, -0.1) is 0 Å². The topological polar surface area (TPSA) is 58.3 Å². The second-order valence-electron chi connectivity index (χ2n) is 9.02. The number of aromatic nitrogens is 2. The summed E-state index contributed by atoms with van der Waals surface area (Å²) in [5.74, 6) is 1.68. The lowest BCUT2D eigenvalue weighted by Crippen LogP contribution is -2.45. The van der Waals surface area contributed by atoms with Crippen molar-refractivity contribution in [2.45, 2.75) is 6.92 Å². The molecule has 2 aliphatic rings. The number of hydrogen-bond acceptors (Lipinski definition) is 4. The molecule has 9 heteroatoms. The summed E-state index contributed by atoms with van der Waals surface area (Å²) in [6.45, 7) is 4.86. The molecule has 37 heavy (non-hydrogen) atoms. The SMILES string of the molecule is Cc1nn(-c2ccccc2)c2c1[P@](=Nc1ccccc1Cl)(N1CCOCC1)N(C)C(c1ccccc1)=N2. The van der Waals surface area contributed by atoms with Crippen LogP contribution in [0.3, 0.4) is 0 Å². The van der Waals surface area contributed by atoms with Crippen molar-refractivity contribution in [1.29, 1.82) is 0 Å². The maximum absolute atomic E-state index is 6.72. The van der Waals surface area contributed by atoms with Crippen molar-refractivity contribution in [3.63, 3.8) is 0 Å². The van der Waals surface area contributed by atoms with Gasteiger partial charge in [-0.3, -0.25) is 0 Å². The van der Waals surface area contributed by atoms with Crippen LogP contribution in [-0.2, 0) is 4.74 Å². The third kappa shape index (κ3) is 4.12. The van der Waals surface area contributed by atoms with E-state index in [2.05, 4.69) is 47.6 Å². The molecule has 0 amide bonds. The van der Waals surface area contributed by atoms with E-state index in [9.17, 15) is 0 Å². The Morgan fingerprint density at radius 3 is 2.24 bits per heavy atom. The van der Waals surface area contributed by atoms with E-state index in [1.54, 1.807) is 0 Å². The second-order valence-corrected chi connectivity index (χ2v) is 12.4. The van der Waals surface area contributed by atoms with Gasteiger partial charge in [0.15, 0.2) is 13.2 Å². The van der Waals surface area contributed by atoms with Gasteiger partial charge in [0.25, 0.3) is 0 Å². The molecular formula is C28H28ClN6OP. The van der Waals surface area contributed by atoms with Gasteiger partial charge >= 0.3 is 0 Å². The van der Waals surface area contributed by atoms with Crippen molar-refractivity contribution in [2.75, 3.05) is 33.4 Å². The molecule has 2 aliphatic heterocycles. The van der Waals surface area contributed by atoms with Gasteiger partial charge in [0.2, 0.25) is 0 Å². The van der Waals surface area contributed by atoms with Crippen LogP contribution in [0.15, 0.2) is 94.7 Å². The Balaban J connectivity index is 1.72. The maximum Gasteiger partial charge on any atom is 0.170 e. The Labute approximate surface area is 222 Å². The average Bonchev–Trinajstić information content (AvgIpc) is 3.29. The Hall–Kier alpha value is -3.22. The summed E-state index contributed by atoms with van der Waals surface area (Å²) in [6.07, 6.45) is 0. The zero-order chi connectivity index (χ0) is 25.4. The molecule has 1 fully saturated rings. The fraction of sp³-hybridized carbons (Fsp3) is 0.214. The van der Waals surface area contributed by atoms with Crippen molar-refractivity contribution in [1.82, 2.24) is 19.1 Å². The lowest BCUT2D eigenvalue weighted by atomic mass is 10.2. The molecule has 7 nitrogen and oxygen atoms in total. The first-order valence-corrected chi connectivity index (χ1v) is 14.4. The number of rotatable bonds is 4. The zero-order valence-corrected chi connectivity index (χ0v) is 22.5. The molecule has 188 valence electrons. The summed E-state index contributed by atoms with van der Waals surface area (Å²) < 4.78 is 18.1. The predicted molar refractivity (Wildman–Crippen MR) is 151 cm³/mol. The van der Waals surface area contributed by atoms with E-state index in [0.717, 1.165) is 52.7 Å². The minimum Gasteiger partial charge on any atom is -0.379 e. The van der Waals surface area contributed by atoms with Crippen LogP contribution in [0.5, 0.6) is 0 Å². The van der Waals surface area contributed by atoms with Crippen LogP contribution < -0.4 is 5.30 Å². The van der Waals surface area contributed by atoms with Gasteiger partial charge in [-0.05, 0) is 31.2 Å². The number of aliphatic imine (C=N–C) groups is 1. The predicted octanol–water partition coefficient (Wildman–Crippen LogP) is 6.18. The van der Waals surface area contributed by atoms with Crippen LogP contribution in [0, 0.1) is 6.92 Å². The summed E-state index contributed by atoms with van der Waals surface area (Å²) in [5.41, 5.74) is 3.67. The van der Waals surface area contributed by atoms with Gasteiger partial charge in [-0.2, -0.15) is 5.10 Å². The van der Waals surface area contributed by atoms with E-state index in [4.69, 9.17) is 31.2 Å². The summed E-state index contributed by atoms with van der Waals surface area (Å²) >= 11 is 6.72. The van der Waals surface area contributed by atoms with Crippen LogP contribution in [0.4, 0.5) is 11.5 Å². The van der Waals surface area contributed by atoms with Gasteiger partial charge in [0.1, 0.15) is 5.84 Å². The van der Waals surface area contributed by atoms with Gasteiger partial charge < -0.3 is 9.41 Å².